The third kappa shape index (κ3) is 3.50. The second kappa shape index (κ2) is 6.39. The van der Waals surface area contributed by atoms with E-state index < -0.39 is 0 Å². The third-order valence-corrected chi connectivity index (χ3v) is 4.10. The Kier molecular flexibility index (Phi) is 4.34. The Labute approximate surface area is 129 Å². The van der Waals surface area contributed by atoms with Gasteiger partial charge in [0.25, 0.3) is 0 Å². The Bertz CT molecular complexity index is 609. The Morgan fingerprint density at radius 2 is 2.05 bits per heavy atom. The van der Waals surface area contributed by atoms with Crippen LogP contribution in [-0.2, 0) is 6.42 Å². The van der Waals surface area contributed by atoms with Gasteiger partial charge in [-0.3, -0.25) is 0 Å². The summed E-state index contributed by atoms with van der Waals surface area (Å²) in [6.45, 7) is 0. The van der Waals surface area contributed by atoms with Crippen molar-refractivity contribution in [2.75, 3.05) is 7.11 Å². The van der Waals surface area contributed by atoms with Crippen molar-refractivity contribution in [1.82, 2.24) is 15.0 Å². The monoisotopic (exact) mass is 303 g/mol. The number of halogens is 1. The molecule has 0 bridgehead atoms. The molecule has 0 atom stereocenters. The van der Waals surface area contributed by atoms with E-state index in [0.717, 1.165) is 17.1 Å². The van der Waals surface area contributed by atoms with Gasteiger partial charge in [-0.2, -0.15) is 0 Å². The minimum atomic E-state index is 0.531. The first kappa shape index (κ1) is 14.3. The van der Waals surface area contributed by atoms with Crippen molar-refractivity contribution >= 4 is 11.6 Å². The molecule has 0 radical (unpaired) electrons. The highest BCUT2D eigenvalue weighted by Crippen LogP contribution is 2.33. The molecule has 0 spiro atoms. The molecule has 5 heteroatoms. The highest BCUT2D eigenvalue weighted by Gasteiger charge is 2.19. The summed E-state index contributed by atoms with van der Waals surface area (Å²) in [7, 11) is 1.61. The minimum Gasteiger partial charge on any atom is -0.481 e. The molecule has 110 valence electrons. The van der Waals surface area contributed by atoms with E-state index in [9.17, 15) is 0 Å². The first-order valence-corrected chi connectivity index (χ1v) is 7.64. The van der Waals surface area contributed by atoms with Crippen molar-refractivity contribution in [2.45, 2.75) is 38.0 Å². The molecule has 21 heavy (non-hydrogen) atoms. The summed E-state index contributed by atoms with van der Waals surface area (Å²) >= 11 is 6.16. The number of hydrogen-bond acceptors (Lipinski definition) is 4. The molecule has 2 heterocycles. The van der Waals surface area contributed by atoms with Gasteiger partial charge in [0.15, 0.2) is 0 Å². The zero-order valence-corrected chi connectivity index (χ0v) is 12.8. The topological polar surface area (TPSA) is 47.9 Å². The van der Waals surface area contributed by atoms with Gasteiger partial charge in [-0.25, -0.2) is 15.0 Å². The second-order valence-corrected chi connectivity index (χ2v) is 5.79. The van der Waals surface area contributed by atoms with E-state index in [1.165, 1.54) is 25.7 Å². The van der Waals surface area contributed by atoms with Crippen molar-refractivity contribution in [2.24, 2.45) is 0 Å². The minimum absolute atomic E-state index is 0.531. The molecule has 2 aromatic heterocycles. The molecule has 3 rings (SSSR count). The second-order valence-electron chi connectivity index (χ2n) is 5.40. The summed E-state index contributed by atoms with van der Waals surface area (Å²) in [5.41, 5.74) is 2.14. The molecular formula is C16H18ClN3O. The van der Waals surface area contributed by atoms with E-state index in [-0.39, 0.29) is 0 Å². The van der Waals surface area contributed by atoms with E-state index in [1.54, 1.807) is 13.3 Å². The van der Waals surface area contributed by atoms with Crippen LogP contribution in [0.3, 0.4) is 0 Å². The highest BCUT2D eigenvalue weighted by molar-refractivity contribution is 6.29. The number of aromatic nitrogens is 3. The number of methoxy groups -OCH3 is 1. The lowest BCUT2D eigenvalue weighted by Crippen LogP contribution is -2.04. The lowest BCUT2D eigenvalue weighted by Gasteiger charge is -2.10. The Hall–Kier alpha value is -1.68. The fourth-order valence-corrected chi connectivity index (χ4v) is 3.02. The Balaban J connectivity index is 1.80. The fraction of sp³-hybridized carbons (Fsp3) is 0.438. The molecule has 0 saturated heterocycles. The molecule has 0 aromatic carbocycles. The van der Waals surface area contributed by atoms with Crippen LogP contribution in [0.25, 0.3) is 0 Å². The quantitative estimate of drug-likeness (QED) is 0.806. The van der Waals surface area contributed by atoms with Gasteiger partial charge in [-0.15, -0.1) is 0 Å². The maximum absolute atomic E-state index is 6.16. The van der Waals surface area contributed by atoms with Crippen LogP contribution in [0, 0.1) is 0 Å². The number of hydrogen-bond donors (Lipinski definition) is 0. The summed E-state index contributed by atoms with van der Waals surface area (Å²) in [5, 5.41) is 0.531. The van der Waals surface area contributed by atoms with Gasteiger partial charge < -0.3 is 4.74 Å². The van der Waals surface area contributed by atoms with Crippen LogP contribution in [0.2, 0.25) is 5.15 Å². The van der Waals surface area contributed by atoms with Crippen LogP contribution >= 0.6 is 11.6 Å². The molecule has 1 saturated carbocycles. The Morgan fingerprint density at radius 3 is 2.71 bits per heavy atom. The predicted octanol–water partition coefficient (Wildman–Crippen LogP) is 3.78. The maximum Gasteiger partial charge on any atom is 0.212 e. The SMILES string of the molecule is COc1ccc(Cc2nc(Cl)cc(C3CCCC3)n2)cn1. The van der Waals surface area contributed by atoms with Crippen molar-refractivity contribution in [3.8, 4) is 5.88 Å². The van der Waals surface area contributed by atoms with Gasteiger partial charge in [0.2, 0.25) is 5.88 Å². The van der Waals surface area contributed by atoms with E-state index in [4.69, 9.17) is 21.3 Å². The van der Waals surface area contributed by atoms with Gasteiger partial charge in [0, 0.05) is 30.3 Å². The van der Waals surface area contributed by atoms with Gasteiger partial charge in [-0.05, 0) is 24.5 Å². The molecule has 2 aromatic rings. The number of rotatable bonds is 4. The zero-order chi connectivity index (χ0) is 14.7. The first-order valence-electron chi connectivity index (χ1n) is 7.27. The van der Waals surface area contributed by atoms with Gasteiger partial charge in [-0.1, -0.05) is 30.5 Å². The lowest BCUT2D eigenvalue weighted by molar-refractivity contribution is 0.397. The number of nitrogens with zero attached hydrogens (tertiary/aromatic N) is 3. The molecule has 0 N–H and O–H groups in total. The van der Waals surface area contributed by atoms with Crippen molar-refractivity contribution in [3.63, 3.8) is 0 Å². The van der Waals surface area contributed by atoms with Crippen LogP contribution in [0.4, 0.5) is 0 Å². The number of ether oxygens (including phenoxy) is 1. The van der Waals surface area contributed by atoms with E-state index in [2.05, 4.69) is 9.97 Å². The zero-order valence-electron chi connectivity index (χ0n) is 12.1. The maximum atomic E-state index is 6.16. The van der Waals surface area contributed by atoms with E-state index in [1.807, 2.05) is 18.2 Å². The Morgan fingerprint density at radius 1 is 1.24 bits per heavy atom. The van der Waals surface area contributed by atoms with Crippen LogP contribution in [0.15, 0.2) is 24.4 Å². The third-order valence-electron chi connectivity index (χ3n) is 3.90. The molecule has 0 aliphatic heterocycles. The largest absolute Gasteiger partial charge is 0.481 e. The van der Waals surface area contributed by atoms with Gasteiger partial charge in [0.05, 0.1) is 7.11 Å². The van der Waals surface area contributed by atoms with Crippen molar-refractivity contribution < 1.29 is 4.74 Å². The van der Waals surface area contributed by atoms with Gasteiger partial charge >= 0.3 is 0 Å². The van der Waals surface area contributed by atoms with Gasteiger partial charge in [0.1, 0.15) is 11.0 Å². The summed E-state index contributed by atoms with van der Waals surface area (Å²) in [6.07, 6.45) is 7.40. The van der Waals surface area contributed by atoms with Crippen LogP contribution in [0.5, 0.6) is 5.88 Å². The fourth-order valence-electron chi connectivity index (χ4n) is 2.81. The molecule has 0 amide bonds. The van der Waals surface area contributed by atoms with Crippen molar-refractivity contribution in [3.05, 3.63) is 46.6 Å². The highest BCUT2D eigenvalue weighted by atomic mass is 35.5. The normalized spacial score (nSPS) is 15.3. The summed E-state index contributed by atoms with van der Waals surface area (Å²) in [5.74, 6) is 1.91. The standard InChI is InChI=1S/C16H18ClN3O/c1-21-16-7-6-11(10-18-16)8-15-19-13(9-14(17)20-15)12-4-2-3-5-12/h6-7,9-10,12H,2-5,8H2,1H3. The van der Waals surface area contributed by atoms with Crippen molar-refractivity contribution in [1.29, 1.82) is 0 Å². The molecule has 4 nitrogen and oxygen atoms in total. The van der Waals surface area contributed by atoms with Crippen LogP contribution < -0.4 is 4.74 Å². The lowest BCUT2D eigenvalue weighted by atomic mass is 10.0. The van der Waals surface area contributed by atoms with Crippen LogP contribution in [-0.4, -0.2) is 22.1 Å². The van der Waals surface area contributed by atoms with Crippen LogP contribution in [0.1, 0.15) is 48.7 Å². The molecule has 0 unspecified atom stereocenters. The average Bonchev–Trinajstić information content (AvgIpc) is 3.02. The molecule has 1 aliphatic rings. The smallest absolute Gasteiger partial charge is 0.212 e. The predicted molar refractivity (Wildman–Crippen MR) is 81.8 cm³/mol. The summed E-state index contributed by atoms with van der Waals surface area (Å²) in [6, 6.07) is 5.73. The molecular weight excluding hydrogens is 286 g/mol. The molecule has 1 aliphatic carbocycles. The van der Waals surface area contributed by atoms with E-state index in [0.29, 0.717) is 23.4 Å². The summed E-state index contributed by atoms with van der Waals surface area (Å²) < 4.78 is 5.06. The number of pyridine rings is 1. The molecule has 1 fully saturated rings. The average molecular weight is 304 g/mol. The summed E-state index contributed by atoms with van der Waals surface area (Å²) in [4.78, 5) is 13.2. The van der Waals surface area contributed by atoms with E-state index >= 15 is 0 Å². The first-order chi connectivity index (χ1) is 10.2.